The number of rotatable bonds is 2. The first kappa shape index (κ1) is 17.0. The number of hydrogen-bond donors (Lipinski definition) is 1. The van der Waals surface area contributed by atoms with Crippen molar-refractivity contribution in [3.63, 3.8) is 0 Å². The molecule has 1 saturated heterocycles. The summed E-state index contributed by atoms with van der Waals surface area (Å²) < 4.78 is 12.1. The molecule has 1 aliphatic heterocycles. The molecule has 0 atom stereocenters. The maximum absolute atomic E-state index is 12.5. The lowest BCUT2D eigenvalue weighted by molar-refractivity contribution is 0.00578. The van der Waals surface area contributed by atoms with Crippen molar-refractivity contribution in [2.75, 3.05) is 0 Å². The SMILES string of the molecule is CC(C)(C)NC(=O)c1ccccc1B1OC(C)(C)C(C)(C)O1. The molecular weight excluding hydrogens is 277 g/mol. The molecule has 0 bridgehead atoms. The highest BCUT2D eigenvalue weighted by Gasteiger charge is 2.52. The molecule has 0 aromatic heterocycles. The minimum Gasteiger partial charge on any atom is -0.399 e. The lowest BCUT2D eigenvalue weighted by Gasteiger charge is -2.32. The average Bonchev–Trinajstić information content (AvgIpc) is 2.56. The summed E-state index contributed by atoms with van der Waals surface area (Å²) in [5, 5.41) is 2.99. The van der Waals surface area contributed by atoms with Gasteiger partial charge in [0.05, 0.1) is 11.2 Å². The van der Waals surface area contributed by atoms with Crippen LogP contribution < -0.4 is 10.8 Å². The molecule has 0 saturated carbocycles. The van der Waals surface area contributed by atoms with Gasteiger partial charge < -0.3 is 14.6 Å². The Balaban J connectivity index is 2.33. The summed E-state index contributed by atoms with van der Waals surface area (Å²) in [6.07, 6.45) is 0. The van der Waals surface area contributed by atoms with E-state index < -0.39 is 18.3 Å². The first-order valence-electron chi connectivity index (χ1n) is 7.70. The van der Waals surface area contributed by atoms with Crippen LogP contribution in [-0.4, -0.2) is 29.8 Å². The normalized spacial score (nSPS) is 20.0. The van der Waals surface area contributed by atoms with E-state index in [1.54, 1.807) is 6.07 Å². The van der Waals surface area contributed by atoms with Gasteiger partial charge in [-0.15, -0.1) is 0 Å². The van der Waals surface area contributed by atoms with Crippen molar-refractivity contribution in [3.8, 4) is 0 Å². The zero-order valence-electron chi connectivity index (χ0n) is 14.6. The van der Waals surface area contributed by atoms with Crippen LogP contribution in [0.4, 0.5) is 0 Å². The van der Waals surface area contributed by atoms with E-state index in [0.717, 1.165) is 5.46 Å². The van der Waals surface area contributed by atoms with Crippen molar-refractivity contribution in [1.82, 2.24) is 5.32 Å². The maximum atomic E-state index is 12.5. The molecule has 1 aliphatic rings. The van der Waals surface area contributed by atoms with Crippen molar-refractivity contribution in [2.24, 2.45) is 0 Å². The molecule has 0 spiro atoms. The molecule has 5 heteroatoms. The van der Waals surface area contributed by atoms with Gasteiger partial charge in [-0.25, -0.2) is 0 Å². The standard InChI is InChI=1S/C17H26BNO3/c1-15(2,3)19-14(20)12-10-8-9-11-13(12)18-21-16(4,5)17(6,7)22-18/h8-11H,1-7H3,(H,19,20). The van der Waals surface area contributed by atoms with Crippen molar-refractivity contribution in [1.29, 1.82) is 0 Å². The summed E-state index contributed by atoms with van der Waals surface area (Å²) in [6, 6.07) is 7.45. The maximum Gasteiger partial charge on any atom is 0.495 e. The third-order valence-electron chi connectivity index (χ3n) is 4.20. The topological polar surface area (TPSA) is 47.6 Å². The predicted octanol–water partition coefficient (Wildman–Crippen LogP) is 2.51. The lowest BCUT2D eigenvalue weighted by Crippen LogP contribution is -2.45. The van der Waals surface area contributed by atoms with E-state index in [-0.39, 0.29) is 11.4 Å². The second-order valence-electron chi connectivity index (χ2n) is 7.88. The third kappa shape index (κ3) is 3.36. The summed E-state index contributed by atoms with van der Waals surface area (Å²) in [4.78, 5) is 12.5. The van der Waals surface area contributed by atoms with E-state index in [2.05, 4.69) is 5.32 Å². The second-order valence-corrected chi connectivity index (χ2v) is 7.88. The first-order chi connectivity index (χ1) is 9.93. The molecule has 4 nitrogen and oxygen atoms in total. The number of benzene rings is 1. The van der Waals surface area contributed by atoms with E-state index in [1.807, 2.05) is 66.7 Å². The molecule has 0 aliphatic carbocycles. The molecule has 1 fully saturated rings. The molecule has 1 aromatic carbocycles. The quantitative estimate of drug-likeness (QED) is 0.854. The summed E-state index contributed by atoms with van der Waals surface area (Å²) in [6.45, 7) is 13.9. The van der Waals surface area contributed by atoms with Crippen LogP contribution in [-0.2, 0) is 9.31 Å². The van der Waals surface area contributed by atoms with Crippen LogP contribution in [0, 0.1) is 0 Å². The fourth-order valence-corrected chi connectivity index (χ4v) is 2.29. The van der Waals surface area contributed by atoms with Gasteiger partial charge in [0.1, 0.15) is 0 Å². The Morgan fingerprint density at radius 3 is 2.05 bits per heavy atom. The van der Waals surface area contributed by atoms with Crippen LogP contribution in [0.25, 0.3) is 0 Å². The molecular formula is C17H26BNO3. The molecule has 0 radical (unpaired) electrons. The van der Waals surface area contributed by atoms with Gasteiger partial charge in [-0.3, -0.25) is 4.79 Å². The lowest BCUT2D eigenvalue weighted by atomic mass is 9.75. The zero-order valence-corrected chi connectivity index (χ0v) is 14.6. The molecule has 2 rings (SSSR count). The van der Waals surface area contributed by atoms with Gasteiger partial charge in [0.25, 0.3) is 5.91 Å². The number of hydrogen-bond acceptors (Lipinski definition) is 3. The Kier molecular flexibility index (Phi) is 4.17. The predicted molar refractivity (Wildman–Crippen MR) is 89.4 cm³/mol. The van der Waals surface area contributed by atoms with Gasteiger partial charge >= 0.3 is 7.12 Å². The highest BCUT2D eigenvalue weighted by molar-refractivity contribution is 6.63. The summed E-state index contributed by atoms with van der Waals surface area (Å²) >= 11 is 0. The van der Waals surface area contributed by atoms with Crippen molar-refractivity contribution in [2.45, 2.75) is 65.2 Å². The number of nitrogens with one attached hydrogen (secondary N) is 1. The second kappa shape index (κ2) is 5.39. The van der Waals surface area contributed by atoms with Crippen LogP contribution in [0.1, 0.15) is 58.8 Å². The minimum atomic E-state index is -0.535. The highest BCUT2D eigenvalue weighted by Crippen LogP contribution is 2.36. The fraction of sp³-hybridized carbons (Fsp3) is 0.588. The molecule has 22 heavy (non-hydrogen) atoms. The summed E-state index contributed by atoms with van der Waals surface area (Å²) in [7, 11) is -0.535. The molecule has 0 unspecified atom stereocenters. The average molecular weight is 303 g/mol. The Labute approximate surface area is 133 Å². The van der Waals surface area contributed by atoms with Crippen LogP contribution in [0.5, 0.6) is 0 Å². The van der Waals surface area contributed by atoms with E-state index >= 15 is 0 Å². The van der Waals surface area contributed by atoms with Gasteiger partial charge in [-0.2, -0.15) is 0 Å². The van der Waals surface area contributed by atoms with Crippen molar-refractivity contribution < 1.29 is 14.1 Å². The van der Waals surface area contributed by atoms with Crippen LogP contribution in [0.3, 0.4) is 0 Å². The Bertz CT molecular complexity index is 560. The van der Waals surface area contributed by atoms with Gasteiger partial charge in [-0.05, 0) is 60.0 Å². The van der Waals surface area contributed by atoms with Gasteiger partial charge in [0.15, 0.2) is 0 Å². The molecule has 120 valence electrons. The summed E-state index contributed by atoms with van der Waals surface area (Å²) in [5.41, 5.74) is 0.218. The zero-order chi connectivity index (χ0) is 16.8. The molecule has 1 N–H and O–H groups in total. The van der Waals surface area contributed by atoms with Crippen LogP contribution >= 0.6 is 0 Å². The minimum absolute atomic E-state index is 0.113. The van der Waals surface area contributed by atoms with Gasteiger partial charge in [0, 0.05) is 11.1 Å². The highest BCUT2D eigenvalue weighted by atomic mass is 16.7. The van der Waals surface area contributed by atoms with Crippen molar-refractivity contribution in [3.05, 3.63) is 29.8 Å². The smallest absolute Gasteiger partial charge is 0.399 e. The number of amides is 1. The Morgan fingerprint density at radius 1 is 1.05 bits per heavy atom. The number of carbonyl (C=O) groups is 1. The van der Waals surface area contributed by atoms with Crippen LogP contribution in [0.15, 0.2) is 24.3 Å². The number of carbonyl (C=O) groups excluding carboxylic acids is 1. The molecule has 1 aromatic rings. The van der Waals surface area contributed by atoms with Gasteiger partial charge in [-0.1, -0.05) is 18.2 Å². The molecule has 1 amide bonds. The molecule has 1 heterocycles. The Morgan fingerprint density at radius 2 is 1.55 bits per heavy atom. The summed E-state index contributed by atoms with van der Waals surface area (Å²) in [5.74, 6) is -0.113. The Hall–Kier alpha value is -1.33. The van der Waals surface area contributed by atoms with E-state index in [1.165, 1.54) is 0 Å². The van der Waals surface area contributed by atoms with E-state index in [9.17, 15) is 4.79 Å². The third-order valence-corrected chi connectivity index (χ3v) is 4.20. The van der Waals surface area contributed by atoms with E-state index in [4.69, 9.17) is 9.31 Å². The first-order valence-corrected chi connectivity index (χ1v) is 7.70. The monoisotopic (exact) mass is 303 g/mol. The van der Waals surface area contributed by atoms with Crippen molar-refractivity contribution >= 4 is 18.5 Å². The largest absolute Gasteiger partial charge is 0.495 e. The van der Waals surface area contributed by atoms with Gasteiger partial charge in [0.2, 0.25) is 0 Å². The fourth-order valence-electron chi connectivity index (χ4n) is 2.29. The van der Waals surface area contributed by atoms with Crippen LogP contribution in [0.2, 0.25) is 0 Å². The van der Waals surface area contributed by atoms with E-state index in [0.29, 0.717) is 5.56 Å².